The minimum atomic E-state index is -0.766. The number of nitro benzene ring substituents is 1. The van der Waals surface area contributed by atoms with Crippen LogP contribution in [0.4, 0.5) is 5.69 Å². The number of hydrogen-bond donors (Lipinski definition) is 2. The molecule has 168 valence electrons. The summed E-state index contributed by atoms with van der Waals surface area (Å²) in [5.41, 5.74) is -0.0528. The van der Waals surface area contributed by atoms with Crippen LogP contribution in [0, 0.1) is 10.1 Å². The van der Waals surface area contributed by atoms with Crippen molar-refractivity contribution in [3.05, 3.63) is 62.3 Å². The molecule has 1 saturated heterocycles. The Hall–Kier alpha value is -3.43. The van der Waals surface area contributed by atoms with E-state index in [1.165, 1.54) is 38.5 Å². The van der Waals surface area contributed by atoms with E-state index < -0.39 is 16.4 Å². The number of ether oxygens (including phenoxy) is 2. The second-order valence-electron chi connectivity index (χ2n) is 8.03. The van der Waals surface area contributed by atoms with E-state index in [1.54, 1.807) is 12.1 Å². The molecular weight excluding hydrogens is 416 g/mol. The summed E-state index contributed by atoms with van der Waals surface area (Å²) in [5, 5.41) is 25.5. The van der Waals surface area contributed by atoms with Gasteiger partial charge in [-0.2, -0.15) is 0 Å². The second kappa shape index (κ2) is 8.25. The average molecular weight is 440 g/mol. The van der Waals surface area contributed by atoms with Crippen molar-refractivity contribution < 1.29 is 23.9 Å². The number of rotatable bonds is 5. The van der Waals surface area contributed by atoms with Crippen molar-refractivity contribution >= 4 is 16.7 Å². The Morgan fingerprint density at radius 1 is 1.22 bits per heavy atom. The van der Waals surface area contributed by atoms with Gasteiger partial charge in [0.15, 0.2) is 5.43 Å². The Balaban J connectivity index is 2.08. The molecule has 0 spiro atoms. The highest BCUT2D eigenvalue weighted by molar-refractivity contribution is 5.90. The van der Waals surface area contributed by atoms with Gasteiger partial charge in [0, 0.05) is 47.4 Å². The van der Waals surface area contributed by atoms with Crippen LogP contribution in [-0.4, -0.2) is 43.4 Å². The van der Waals surface area contributed by atoms with Crippen molar-refractivity contribution in [1.82, 2.24) is 5.32 Å². The largest absolute Gasteiger partial charge is 0.496 e. The molecule has 3 aromatic rings. The molecule has 1 fully saturated rings. The lowest BCUT2D eigenvalue weighted by molar-refractivity contribution is -0.384. The van der Waals surface area contributed by atoms with E-state index in [4.69, 9.17) is 13.9 Å². The van der Waals surface area contributed by atoms with Gasteiger partial charge in [-0.1, -0.05) is 19.1 Å². The lowest BCUT2D eigenvalue weighted by Crippen LogP contribution is -2.50. The minimum Gasteiger partial charge on any atom is -0.496 e. The smallest absolute Gasteiger partial charge is 0.270 e. The Morgan fingerprint density at radius 2 is 1.97 bits per heavy atom. The summed E-state index contributed by atoms with van der Waals surface area (Å²) in [6.07, 6.45) is -0.176. The van der Waals surface area contributed by atoms with E-state index in [9.17, 15) is 20.0 Å². The van der Waals surface area contributed by atoms with Crippen molar-refractivity contribution in [2.24, 2.45) is 0 Å². The fourth-order valence-corrected chi connectivity index (χ4v) is 4.33. The maximum atomic E-state index is 13.2. The molecule has 2 N–H and O–H groups in total. The number of aliphatic hydroxyl groups excluding tert-OH is 1. The lowest BCUT2D eigenvalue weighted by atomic mass is 9.72. The average Bonchev–Trinajstić information content (AvgIpc) is 2.79. The first kappa shape index (κ1) is 21.8. The van der Waals surface area contributed by atoms with Crippen molar-refractivity contribution in [2.45, 2.75) is 24.9 Å². The third-order valence-electron chi connectivity index (χ3n) is 6.18. The quantitative estimate of drug-likeness (QED) is 0.458. The molecule has 0 bridgehead atoms. The number of nitrogens with zero attached hydrogens (tertiary/aromatic N) is 1. The molecule has 0 aliphatic carbocycles. The van der Waals surface area contributed by atoms with Gasteiger partial charge >= 0.3 is 0 Å². The fourth-order valence-electron chi connectivity index (χ4n) is 4.33. The monoisotopic (exact) mass is 440 g/mol. The molecular formula is C23H24N2O7. The number of non-ortho nitro benzene ring substituents is 1. The Labute approximate surface area is 183 Å². The molecule has 1 aliphatic rings. The van der Waals surface area contributed by atoms with E-state index in [0.29, 0.717) is 36.4 Å². The molecule has 2 heterocycles. The van der Waals surface area contributed by atoms with Gasteiger partial charge in [0.2, 0.25) is 0 Å². The zero-order chi connectivity index (χ0) is 23.0. The number of aliphatic hydroxyl groups is 1. The summed E-state index contributed by atoms with van der Waals surface area (Å²) >= 11 is 0. The van der Waals surface area contributed by atoms with Crippen LogP contribution in [0.2, 0.25) is 0 Å². The van der Waals surface area contributed by atoms with Crippen molar-refractivity contribution in [3.8, 4) is 22.8 Å². The molecule has 0 unspecified atom stereocenters. The van der Waals surface area contributed by atoms with E-state index in [-0.39, 0.29) is 33.6 Å². The molecule has 4 rings (SSSR count). The molecule has 0 amide bonds. The highest BCUT2D eigenvalue weighted by Gasteiger charge is 2.42. The van der Waals surface area contributed by atoms with E-state index in [0.717, 1.165) is 0 Å². The van der Waals surface area contributed by atoms with E-state index in [1.807, 2.05) is 6.92 Å². The van der Waals surface area contributed by atoms with Crippen molar-refractivity contribution in [1.29, 1.82) is 0 Å². The first-order valence-electron chi connectivity index (χ1n) is 10.2. The zero-order valence-electron chi connectivity index (χ0n) is 18.0. The molecule has 0 radical (unpaired) electrons. The van der Waals surface area contributed by atoms with E-state index in [2.05, 4.69) is 5.32 Å². The standard InChI is InChI=1S/C23H24N2O7/c1-23(7-8-24-12-19(23)27)21-18(31-3)11-17(30-2)20-15(26)10-16(32-22(20)21)13-5-4-6-14(9-13)25(28)29/h4-6,9-11,19,24,27H,7-8,12H2,1-3H3/t19-,23+/m1/s1. The fraction of sp³-hybridized carbons (Fsp3) is 0.348. The minimum absolute atomic E-state index is 0.116. The Morgan fingerprint density at radius 3 is 2.62 bits per heavy atom. The first-order valence-corrected chi connectivity index (χ1v) is 10.2. The Kier molecular flexibility index (Phi) is 5.62. The van der Waals surface area contributed by atoms with Gasteiger partial charge in [-0.15, -0.1) is 0 Å². The second-order valence-corrected chi connectivity index (χ2v) is 8.03. The Bertz CT molecular complexity index is 1250. The molecule has 2 aromatic carbocycles. The van der Waals surface area contributed by atoms with Gasteiger partial charge in [0.25, 0.3) is 5.69 Å². The van der Waals surface area contributed by atoms with Crippen LogP contribution in [0.25, 0.3) is 22.3 Å². The number of β-amino-alcohol motifs (C(OH)–C–C–N with tert-alkyl or cyclic N) is 1. The topological polar surface area (TPSA) is 124 Å². The number of piperidine rings is 1. The van der Waals surface area contributed by atoms with Crippen LogP contribution < -0.4 is 20.2 Å². The predicted octanol–water partition coefficient (Wildman–Crippen LogP) is 3.00. The first-order chi connectivity index (χ1) is 15.3. The van der Waals surface area contributed by atoms with Gasteiger partial charge in [-0.3, -0.25) is 14.9 Å². The molecule has 9 heteroatoms. The van der Waals surface area contributed by atoms with Crippen LogP contribution in [-0.2, 0) is 5.41 Å². The van der Waals surface area contributed by atoms with Crippen molar-refractivity contribution in [2.75, 3.05) is 27.3 Å². The molecule has 32 heavy (non-hydrogen) atoms. The maximum Gasteiger partial charge on any atom is 0.270 e. The van der Waals surface area contributed by atoms with Crippen LogP contribution in [0.5, 0.6) is 11.5 Å². The summed E-state index contributed by atoms with van der Waals surface area (Å²) in [6.45, 7) is 2.95. The van der Waals surface area contributed by atoms with Crippen molar-refractivity contribution in [3.63, 3.8) is 0 Å². The SMILES string of the molecule is COc1cc(OC)c2c(=O)cc(-c3cccc([N+](=O)[O-])c3)oc2c1[C@@]1(C)CCNC[C@H]1O. The van der Waals surface area contributed by atoms with Gasteiger partial charge in [-0.25, -0.2) is 0 Å². The summed E-state index contributed by atoms with van der Waals surface area (Å²) in [4.78, 5) is 23.9. The highest BCUT2D eigenvalue weighted by atomic mass is 16.6. The number of fused-ring (bicyclic) bond motifs is 1. The molecule has 1 aromatic heterocycles. The number of methoxy groups -OCH3 is 2. The van der Waals surface area contributed by atoms with Crippen LogP contribution in [0.3, 0.4) is 0 Å². The van der Waals surface area contributed by atoms with Crippen LogP contribution in [0.15, 0.2) is 45.6 Å². The van der Waals surface area contributed by atoms with Crippen LogP contribution >= 0.6 is 0 Å². The number of nitro groups is 1. The zero-order valence-corrected chi connectivity index (χ0v) is 18.0. The lowest BCUT2D eigenvalue weighted by Gasteiger charge is -2.40. The van der Waals surface area contributed by atoms with Gasteiger partial charge in [-0.05, 0) is 13.0 Å². The normalized spacial score (nSPS) is 20.8. The summed E-state index contributed by atoms with van der Waals surface area (Å²) in [7, 11) is 2.95. The molecule has 9 nitrogen and oxygen atoms in total. The predicted molar refractivity (Wildman–Crippen MR) is 119 cm³/mol. The van der Waals surface area contributed by atoms with Gasteiger partial charge in [0.05, 0.1) is 25.2 Å². The third kappa shape index (κ3) is 3.49. The molecule has 0 saturated carbocycles. The summed E-state index contributed by atoms with van der Waals surface area (Å²) < 4.78 is 17.3. The molecule has 2 atom stereocenters. The summed E-state index contributed by atoms with van der Waals surface area (Å²) in [6, 6.07) is 8.80. The highest BCUT2D eigenvalue weighted by Crippen LogP contribution is 2.46. The van der Waals surface area contributed by atoms with Gasteiger partial charge in [0.1, 0.15) is 28.2 Å². The number of hydrogen-bond acceptors (Lipinski definition) is 8. The van der Waals surface area contributed by atoms with Crippen LogP contribution in [0.1, 0.15) is 18.9 Å². The van der Waals surface area contributed by atoms with E-state index >= 15 is 0 Å². The molecule has 1 aliphatic heterocycles. The number of nitrogens with one attached hydrogen (secondary N) is 1. The number of benzene rings is 2. The van der Waals surface area contributed by atoms with Gasteiger partial charge < -0.3 is 24.3 Å². The maximum absolute atomic E-state index is 13.2. The third-order valence-corrected chi connectivity index (χ3v) is 6.18. The summed E-state index contributed by atoms with van der Waals surface area (Å²) in [5.74, 6) is 0.888.